The van der Waals surface area contributed by atoms with E-state index < -0.39 is 0 Å². The predicted molar refractivity (Wildman–Crippen MR) is 83.5 cm³/mol. The molecule has 1 N–H and O–H groups in total. The summed E-state index contributed by atoms with van der Waals surface area (Å²) in [5.74, 6) is 0. The van der Waals surface area contributed by atoms with Crippen LogP contribution in [0.2, 0.25) is 0 Å². The Labute approximate surface area is 120 Å². The van der Waals surface area contributed by atoms with Crippen LogP contribution in [0.3, 0.4) is 0 Å². The van der Waals surface area contributed by atoms with E-state index in [1.807, 2.05) is 0 Å². The Hall–Kier alpha value is -0.0800. The fourth-order valence-electron chi connectivity index (χ4n) is 4.07. The molecule has 0 aromatic heterocycles. The Bertz CT molecular complexity index is 256. The first kappa shape index (κ1) is 15.3. The second kappa shape index (κ2) is 6.58. The monoisotopic (exact) mass is 266 g/mol. The molecular weight excluding hydrogens is 232 g/mol. The van der Waals surface area contributed by atoms with Crippen molar-refractivity contribution >= 4 is 0 Å². The van der Waals surface area contributed by atoms with Gasteiger partial charge in [-0.1, -0.05) is 20.8 Å². The molecule has 0 unspecified atom stereocenters. The van der Waals surface area contributed by atoms with Crippen LogP contribution in [0.5, 0.6) is 0 Å². The average molecular weight is 266 g/mol. The number of rotatable bonds is 4. The van der Waals surface area contributed by atoms with Crippen LogP contribution in [0.4, 0.5) is 0 Å². The van der Waals surface area contributed by atoms with E-state index in [4.69, 9.17) is 0 Å². The summed E-state index contributed by atoms with van der Waals surface area (Å²) in [5, 5.41) is 3.62. The largest absolute Gasteiger partial charge is 0.314 e. The molecule has 0 aromatic rings. The molecule has 2 saturated carbocycles. The highest BCUT2D eigenvalue weighted by atomic mass is 15.2. The van der Waals surface area contributed by atoms with Crippen molar-refractivity contribution in [1.29, 1.82) is 0 Å². The zero-order valence-corrected chi connectivity index (χ0v) is 13.5. The van der Waals surface area contributed by atoms with Crippen molar-refractivity contribution in [3.05, 3.63) is 0 Å². The summed E-state index contributed by atoms with van der Waals surface area (Å²) in [5.41, 5.74) is 0.597. The lowest BCUT2D eigenvalue weighted by Gasteiger charge is -2.43. The van der Waals surface area contributed by atoms with Gasteiger partial charge in [0.05, 0.1) is 0 Å². The van der Waals surface area contributed by atoms with Gasteiger partial charge in [-0.3, -0.25) is 0 Å². The van der Waals surface area contributed by atoms with Crippen LogP contribution in [0, 0.1) is 5.41 Å². The molecule has 112 valence electrons. The fraction of sp³-hybridized carbons (Fsp3) is 1.00. The van der Waals surface area contributed by atoms with Crippen molar-refractivity contribution in [2.45, 2.75) is 90.3 Å². The molecule has 2 rings (SSSR count). The quantitative estimate of drug-likeness (QED) is 0.832. The van der Waals surface area contributed by atoms with E-state index in [1.54, 1.807) is 0 Å². The SMILES string of the molecule is CCNC1CCC(N(C)C2CCC(C)(C)CC2)CC1. The molecule has 0 aliphatic heterocycles. The molecule has 2 aliphatic carbocycles. The fourth-order valence-corrected chi connectivity index (χ4v) is 4.07. The van der Waals surface area contributed by atoms with E-state index in [0.29, 0.717) is 5.41 Å². The van der Waals surface area contributed by atoms with E-state index in [0.717, 1.165) is 24.7 Å². The molecule has 2 heteroatoms. The maximum absolute atomic E-state index is 3.62. The number of nitrogens with zero attached hydrogens (tertiary/aromatic N) is 1. The summed E-state index contributed by atoms with van der Waals surface area (Å²) in [4.78, 5) is 2.73. The zero-order valence-electron chi connectivity index (χ0n) is 13.5. The van der Waals surface area contributed by atoms with E-state index in [9.17, 15) is 0 Å². The van der Waals surface area contributed by atoms with E-state index in [-0.39, 0.29) is 0 Å². The van der Waals surface area contributed by atoms with Crippen molar-refractivity contribution in [1.82, 2.24) is 10.2 Å². The van der Waals surface area contributed by atoms with Gasteiger partial charge in [-0.2, -0.15) is 0 Å². The van der Waals surface area contributed by atoms with Crippen molar-refractivity contribution in [3.8, 4) is 0 Å². The normalized spacial score (nSPS) is 32.7. The van der Waals surface area contributed by atoms with Gasteiger partial charge in [0.25, 0.3) is 0 Å². The van der Waals surface area contributed by atoms with Crippen molar-refractivity contribution < 1.29 is 0 Å². The van der Waals surface area contributed by atoms with Crippen molar-refractivity contribution in [2.24, 2.45) is 5.41 Å². The molecule has 19 heavy (non-hydrogen) atoms. The summed E-state index contributed by atoms with van der Waals surface area (Å²) in [6, 6.07) is 2.50. The Morgan fingerprint density at radius 2 is 1.47 bits per heavy atom. The van der Waals surface area contributed by atoms with Gasteiger partial charge in [0.1, 0.15) is 0 Å². The smallest absolute Gasteiger partial charge is 0.00963 e. The third-order valence-corrected chi connectivity index (χ3v) is 5.65. The standard InChI is InChI=1S/C17H34N2/c1-5-18-14-6-8-15(9-7-14)19(4)16-10-12-17(2,3)13-11-16/h14-16,18H,5-13H2,1-4H3. The molecule has 0 spiro atoms. The van der Waals surface area contributed by atoms with Crippen molar-refractivity contribution in [3.63, 3.8) is 0 Å². The molecule has 0 bridgehead atoms. The first-order chi connectivity index (χ1) is 9.02. The lowest BCUT2D eigenvalue weighted by Crippen LogP contribution is -2.46. The minimum atomic E-state index is 0.597. The van der Waals surface area contributed by atoms with E-state index in [1.165, 1.54) is 51.4 Å². The van der Waals surface area contributed by atoms with Crippen LogP contribution < -0.4 is 5.32 Å². The van der Waals surface area contributed by atoms with Gasteiger partial charge >= 0.3 is 0 Å². The van der Waals surface area contributed by atoms with Crippen LogP contribution in [0.15, 0.2) is 0 Å². The van der Waals surface area contributed by atoms with Crippen LogP contribution in [-0.2, 0) is 0 Å². The molecule has 0 heterocycles. The minimum Gasteiger partial charge on any atom is -0.314 e. The van der Waals surface area contributed by atoms with Gasteiger partial charge in [0, 0.05) is 18.1 Å². The summed E-state index contributed by atoms with van der Waals surface area (Å²) < 4.78 is 0. The average Bonchev–Trinajstić information content (AvgIpc) is 2.39. The number of hydrogen-bond donors (Lipinski definition) is 1. The maximum Gasteiger partial charge on any atom is 0.00963 e. The maximum atomic E-state index is 3.62. The molecule has 0 amide bonds. The van der Waals surface area contributed by atoms with Gasteiger partial charge in [-0.05, 0) is 70.4 Å². The zero-order chi connectivity index (χ0) is 13.9. The summed E-state index contributed by atoms with van der Waals surface area (Å²) in [7, 11) is 2.39. The number of nitrogens with one attached hydrogen (secondary N) is 1. The summed E-state index contributed by atoms with van der Waals surface area (Å²) in [6.45, 7) is 8.22. The minimum absolute atomic E-state index is 0.597. The lowest BCUT2D eigenvalue weighted by molar-refractivity contribution is 0.0736. The third-order valence-electron chi connectivity index (χ3n) is 5.65. The van der Waals surface area contributed by atoms with E-state index in [2.05, 4.69) is 38.0 Å². The Morgan fingerprint density at radius 1 is 0.947 bits per heavy atom. The van der Waals surface area contributed by atoms with Crippen LogP contribution >= 0.6 is 0 Å². The Balaban J connectivity index is 1.77. The molecule has 2 aliphatic rings. The first-order valence-electron chi connectivity index (χ1n) is 8.47. The summed E-state index contributed by atoms with van der Waals surface area (Å²) in [6.07, 6.45) is 11.2. The highest BCUT2D eigenvalue weighted by Gasteiger charge is 2.32. The highest BCUT2D eigenvalue weighted by molar-refractivity contribution is 4.88. The Morgan fingerprint density at radius 3 is 2.00 bits per heavy atom. The van der Waals surface area contributed by atoms with Gasteiger partial charge in [-0.25, -0.2) is 0 Å². The van der Waals surface area contributed by atoms with Gasteiger partial charge in [0.2, 0.25) is 0 Å². The lowest BCUT2D eigenvalue weighted by atomic mass is 9.75. The van der Waals surface area contributed by atoms with Crippen LogP contribution in [-0.4, -0.2) is 36.6 Å². The molecule has 0 atom stereocenters. The van der Waals surface area contributed by atoms with Crippen LogP contribution in [0.25, 0.3) is 0 Å². The third kappa shape index (κ3) is 4.19. The van der Waals surface area contributed by atoms with E-state index >= 15 is 0 Å². The van der Waals surface area contributed by atoms with Gasteiger partial charge < -0.3 is 10.2 Å². The molecular formula is C17H34N2. The Kier molecular flexibility index (Phi) is 5.30. The summed E-state index contributed by atoms with van der Waals surface area (Å²) >= 11 is 0. The van der Waals surface area contributed by atoms with Crippen molar-refractivity contribution in [2.75, 3.05) is 13.6 Å². The van der Waals surface area contributed by atoms with Crippen LogP contribution in [0.1, 0.15) is 72.1 Å². The molecule has 0 saturated heterocycles. The predicted octanol–water partition coefficient (Wildman–Crippen LogP) is 3.81. The molecule has 0 radical (unpaired) electrons. The highest BCUT2D eigenvalue weighted by Crippen LogP contribution is 2.38. The second-order valence-electron chi connectivity index (χ2n) is 7.62. The second-order valence-corrected chi connectivity index (χ2v) is 7.62. The topological polar surface area (TPSA) is 15.3 Å². The van der Waals surface area contributed by atoms with Gasteiger partial charge in [0.15, 0.2) is 0 Å². The van der Waals surface area contributed by atoms with Gasteiger partial charge in [-0.15, -0.1) is 0 Å². The number of hydrogen-bond acceptors (Lipinski definition) is 2. The first-order valence-corrected chi connectivity index (χ1v) is 8.47. The molecule has 0 aromatic carbocycles. The molecule has 2 fully saturated rings. The molecule has 2 nitrogen and oxygen atoms in total.